The van der Waals surface area contributed by atoms with Gasteiger partial charge in [0.25, 0.3) is 0 Å². The number of rotatable bonds is 7. The Morgan fingerprint density at radius 1 is 1.35 bits per heavy atom. The van der Waals surface area contributed by atoms with Gasteiger partial charge in [0.1, 0.15) is 11.8 Å². The highest BCUT2D eigenvalue weighted by atomic mass is 16.5. The van der Waals surface area contributed by atoms with E-state index in [-0.39, 0.29) is 23.3 Å². The fourth-order valence-electron chi connectivity index (χ4n) is 2.94. The van der Waals surface area contributed by atoms with E-state index in [4.69, 9.17) is 4.74 Å². The van der Waals surface area contributed by atoms with Gasteiger partial charge in [-0.2, -0.15) is 0 Å². The van der Waals surface area contributed by atoms with E-state index in [1.54, 1.807) is 11.8 Å². The van der Waals surface area contributed by atoms with Gasteiger partial charge in [-0.25, -0.2) is 0 Å². The second-order valence-corrected chi connectivity index (χ2v) is 6.69. The highest BCUT2D eigenvalue weighted by molar-refractivity contribution is 5.88. The first kappa shape index (κ1) is 15.8. The van der Waals surface area contributed by atoms with Crippen molar-refractivity contribution in [3.63, 3.8) is 0 Å². The van der Waals surface area contributed by atoms with Crippen LogP contribution in [0, 0.1) is 5.41 Å². The lowest BCUT2D eigenvalue weighted by atomic mass is 10.1. The van der Waals surface area contributed by atoms with Gasteiger partial charge < -0.3 is 15.0 Å². The van der Waals surface area contributed by atoms with Crippen molar-refractivity contribution in [2.24, 2.45) is 5.41 Å². The number of benzene rings is 1. The molecule has 0 spiro atoms. The lowest BCUT2D eigenvalue weighted by molar-refractivity contribution is -0.136. The predicted molar refractivity (Wildman–Crippen MR) is 87.0 cm³/mol. The molecule has 2 aliphatic rings. The normalized spacial score (nSPS) is 20.2. The summed E-state index contributed by atoms with van der Waals surface area (Å²) in [4.78, 5) is 25.7. The summed E-state index contributed by atoms with van der Waals surface area (Å²) in [5.74, 6) is 0.883. The van der Waals surface area contributed by atoms with Crippen LogP contribution in [0.15, 0.2) is 30.3 Å². The molecule has 1 saturated heterocycles. The lowest BCUT2D eigenvalue weighted by Crippen LogP contribution is -2.47. The van der Waals surface area contributed by atoms with E-state index in [0.29, 0.717) is 26.1 Å². The summed E-state index contributed by atoms with van der Waals surface area (Å²) in [6, 6.07) is 9.36. The van der Waals surface area contributed by atoms with Crippen LogP contribution in [-0.4, -0.2) is 42.5 Å². The second kappa shape index (κ2) is 6.60. The van der Waals surface area contributed by atoms with E-state index in [2.05, 4.69) is 5.32 Å². The quantitative estimate of drug-likeness (QED) is 0.837. The standard InChI is InChI=1S/C18H24N2O3/c1-14(20-11-5-8-16(20)21)17(22)19-12-18(9-10-18)13-23-15-6-3-2-4-7-15/h2-4,6-7,14H,5,8-13H2,1H3,(H,19,22). The Labute approximate surface area is 137 Å². The van der Waals surface area contributed by atoms with Gasteiger partial charge in [0.2, 0.25) is 11.8 Å². The van der Waals surface area contributed by atoms with Crippen LogP contribution in [0.2, 0.25) is 0 Å². The van der Waals surface area contributed by atoms with E-state index >= 15 is 0 Å². The number of likely N-dealkylation sites (tertiary alicyclic amines) is 1. The van der Waals surface area contributed by atoms with Crippen LogP contribution >= 0.6 is 0 Å². The Hall–Kier alpha value is -2.04. The fraction of sp³-hybridized carbons (Fsp3) is 0.556. The first-order valence-corrected chi connectivity index (χ1v) is 8.35. The van der Waals surface area contributed by atoms with E-state index in [1.165, 1.54) is 0 Å². The van der Waals surface area contributed by atoms with Crippen LogP contribution in [0.3, 0.4) is 0 Å². The molecular formula is C18H24N2O3. The average molecular weight is 316 g/mol. The smallest absolute Gasteiger partial charge is 0.242 e. The number of para-hydroxylation sites is 1. The van der Waals surface area contributed by atoms with Gasteiger partial charge >= 0.3 is 0 Å². The molecule has 5 heteroatoms. The number of ether oxygens (including phenoxy) is 1. The predicted octanol–water partition coefficient (Wildman–Crippen LogP) is 1.97. The largest absolute Gasteiger partial charge is 0.493 e. The Morgan fingerprint density at radius 3 is 2.70 bits per heavy atom. The first-order chi connectivity index (χ1) is 11.1. The molecular weight excluding hydrogens is 292 g/mol. The van der Waals surface area contributed by atoms with Crippen molar-refractivity contribution in [1.29, 1.82) is 0 Å². The Kier molecular flexibility index (Phi) is 4.55. The third kappa shape index (κ3) is 3.84. The minimum atomic E-state index is -0.379. The topological polar surface area (TPSA) is 58.6 Å². The molecule has 1 saturated carbocycles. The van der Waals surface area contributed by atoms with Gasteiger partial charge in [0, 0.05) is 24.9 Å². The third-order valence-electron chi connectivity index (χ3n) is 4.84. The first-order valence-electron chi connectivity index (χ1n) is 8.35. The Morgan fingerprint density at radius 2 is 2.09 bits per heavy atom. The molecule has 2 fully saturated rings. The third-order valence-corrected chi connectivity index (χ3v) is 4.84. The van der Waals surface area contributed by atoms with Crippen molar-refractivity contribution in [1.82, 2.24) is 10.2 Å². The van der Waals surface area contributed by atoms with Crippen molar-refractivity contribution in [3.8, 4) is 5.75 Å². The molecule has 0 aromatic heterocycles. The number of nitrogens with one attached hydrogen (secondary N) is 1. The fourth-order valence-corrected chi connectivity index (χ4v) is 2.94. The summed E-state index contributed by atoms with van der Waals surface area (Å²) in [5.41, 5.74) is 0.0558. The van der Waals surface area contributed by atoms with Gasteiger partial charge in [0.15, 0.2) is 0 Å². The number of carbonyl (C=O) groups is 2. The van der Waals surface area contributed by atoms with Crippen molar-refractivity contribution >= 4 is 11.8 Å². The van der Waals surface area contributed by atoms with E-state index in [1.807, 2.05) is 30.3 Å². The maximum Gasteiger partial charge on any atom is 0.242 e. The van der Waals surface area contributed by atoms with Crippen molar-refractivity contribution in [2.75, 3.05) is 19.7 Å². The number of carbonyl (C=O) groups excluding carboxylic acids is 2. The molecule has 23 heavy (non-hydrogen) atoms. The second-order valence-electron chi connectivity index (χ2n) is 6.69. The van der Waals surface area contributed by atoms with Crippen LogP contribution in [0.1, 0.15) is 32.6 Å². The Balaban J connectivity index is 1.45. The maximum atomic E-state index is 12.3. The summed E-state index contributed by atoms with van der Waals surface area (Å²) in [6.45, 7) is 3.73. The zero-order valence-electron chi connectivity index (χ0n) is 13.6. The molecule has 3 rings (SSSR count). The highest BCUT2D eigenvalue weighted by Gasteiger charge is 2.44. The van der Waals surface area contributed by atoms with Gasteiger partial charge in [-0.05, 0) is 38.3 Å². The zero-order valence-corrected chi connectivity index (χ0v) is 13.6. The molecule has 1 heterocycles. The zero-order chi connectivity index (χ0) is 16.3. The van der Waals surface area contributed by atoms with Crippen LogP contribution in [-0.2, 0) is 9.59 Å². The van der Waals surface area contributed by atoms with Crippen molar-refractivity contribution < 1.29 is 14.3 Å². The minimum absolute atomic E-state index is 0.0558. The summed E-state index contributed by atoms with van der Waals surface area (Å²) in [5, 5.41) is 3.01. The van der Waals surface area contributed by atoms with Gasteiger partial charge in [-0.15, -0.1) is 0 Å². The SMILES string of the molecule is CC(C(=O)NCC1(COc2ccccc2)CC1)N1CCCC1=O. The van der Waals surface area contributed by atoms with Crippen molar-refractivity contribution in [2.45, 2.75) is 38.6 Å². The molecule has 2 amide bonds. The summed E-state index contributed by atoms with van der Waals surface area (Å²) in [6.07, 6.45) is 3.55. The van der Waals surface area contributed by atoms with Crippen molar-refractivity contribution in [3.05, 3.63) is 30.3 Å². The molecule has 0 radical (unpaired) electrons. The number of nitrogens with zero attached hydrogens (tertiary/aromatic N) is 1. The molecule has 5 nitrogen and oxygen atoms in total. The minimum Gasteiger partial charge on any atom is -0.493 e. The molecule has 0 bridgehead atoms. The monoisotopic (exact) mass is 316 g/mol. The molecule has 124 valence electrons. The number of amides is 2. The van der Waals surface area contributed by atoms with Gasteiger partial charge in [0.05, 0.1) is 6.61 Å². The molecule has 1 atom stereocenters. The van der Waals surface area contributed by atoms with Crippen LogP contribution in [0.4, 0.5) is 0 Å². The molecule has 1 aliphatic heterocycles. The van der Waals surface area contributed by atoms with E-state index in [0.717, 1.165) is 25.0 Å². The van der Waals surface area contributed by atoms with Crippen LogP contribution < -0.4 is 10.1 Å². The summed E-state index contributed by atoms with van der Waals surface area (Å²) in [7, 11) is 0. The molecule has 1 aromatic rings. The van der Waals surface area contributed by atoms with E-state index in [9.17, 15) is 9.59 Å². The molecule has 1 unspecified atom stereocenters. The van der Waals surface area contributed by atoms with Gasteiger partial charge in [-0.1, -0.05) is 18.2 Å². The number of hydrogen-bond donors (Lipinski definition) is 1. The average Bonchev–Trinajstić information content (AvgIpc) is 3.23. The lowest BCUT2D eigenvalue weighted by Gasteiger charge is -2.24. The Bertz CT molecular complexity index is 569. The van der Waals surface area contributed by atoms with Crippen LogP contribution in [0.5, 0.6) is 5.75 Å². The maximum absolute atomic E-state index is 12.3. The van der Waals surface area contributed by atoms with E-state index < -0.39 is 0 Å². The molecule has 1 N–H and O–H groups in total. The highest BCUT2D eigenvalue weighted by Crippen LogP contribution is 2.45. The van der Waals surface area contributed by atoms with Gasteiger partial charge in [-0.3, -0.25) is 9.59 Å². The van der Waals surface area contributed by atoms with Crippen LogP contribution in [0.25, 0.3) is 0 Å². The number of hydrogen-bond acceptors (Lipinski definition) is 3. The summed E-state index contributed by atoms with van der Waals surface area (Å²) >= 11 is 0. The molecule has 1 aromatic carbocycles. The molecule has 1 aliphatic carbocycles. The summed E-state index contributed by atoms with van der Waals surface area (Å²) < 4.78 is 5.83.